The molecule has 0 aromatic heterocycles. The summed E-state index contributed by atoms with van der Waals surface area (Å²) in [4.78, 5) is 10.3. The van der Waals surface area contributed by atoms with E-state index in [4.69, 9.17) is 5.11 Å². The van der Waals surface area contributed by atoms with Crippen LogP contribution in [0.3, 0.4) is 0 Å². The highest BCUT2D eigenvalue weighted by molar-refractivity contribution is 5.66. The van der Waals surface area contributed by atoms with Gasteiger partial charge in [0.25, 0.3) is 0 Å². The van der Waals surface area contributed by atoms with Gasteiger partial charge in [-0.15, -0.1) is 0 Å². The number of carboxylic acids is 1. The van der Waals surface area contributed by atoms with Crippen LogP contribution in [0.4, 0.5) is 0 Å². The van der Waals surface area contributed by atoms with Crippen molar-refractivity contribution in [2.75, 3.05) is 0 Å². The molecule has 0 saturated carbocycles. The van der Waals surface area contributed by atoms with Gasteiger partial charge >= 0.3 is 5.97 Å². The molecule has 0 aromatic carbocycles. The Morgan fingerprint density at radius 2 is 1.79 bits per heavy atom. The minimum atomic E-state index is -0.691. The number of carboxylic acid groups (broad SMARTS) is 1. The number of hydrogen-bond donors (Lipinski definition) is 1. The summed E-state index contributed by atoms with van der Waals surface area (Å²) in [5.41, 5.74) is 0. The Bertz CT molecular complexity index is 294. The van der Waals surface area contributed by atoms with Crippen molar-refractivity contribution in [1.82, 2.24) is 0 Å². The number of allylic oxidation sites excluding steroid dienone is 2. The molecule has 19 heavy (non-hydrogen) atoms. The van der Waals surface area contributed by atoms with E-state index in [1.54, 1.807) is 0 Å². The van der Waals surface area contributed by atoms with E-state index >= 15 is 0 Å². The quantitative estimate of drug-likeness (QED) is 0.424. The van der Waals surface area contributed by atoms with Crippen molar-refractivity contribution in [1.29, 1.82) is 0 Å². The molecule has 0 bridgehead atoms. The molecular formula is C17H28O2. The predicted molar refractivity (Wildman–Crippen MR) is 81.0 cm³/mol. The van der Waals surface area contributed by atoms with Crippen LogP contribution in [-0.2, 0) is 4.79 Å². The number of carbonyl (C=O) groups is 1. The summed E-state index contributed by atoms with van der Waals surface area (Å²) in [6.07, 6.45) is 15.7. The highest BCUT2D eigenvalue weighted by Crippen LogP contribution is 2.05. The maximum absolute atomic E-state index is 10.3. The molecule has 0 spiro atoms. The first kappa shape index (κ1) is 17.8. The van der Waals surface area contributed by atoms with Crippen LogP contribution in [0, 0.1) is 11.8 Å². The Morgan fingerprint density at radius 3 is 2.53 bits per heavy atom. The Balaban J connectivity index is 3.25. The highest BCUT2D eigenvalue weighted by Gasteiger charge is 1.95. The number of hydrogen-bond acceptors (Lipinski definition) is 1. The number of unbranched alkanes of at least 4 members (excludes halogenated alkanes) is 8. The van der Waals surface area contributed by atoms with E-state index in [0.29, 0.717) is 6.42 Å². The van der Waals surface area contributed by atoms with Gasteiger partial charge in [-0.05, 0) is 31.8 Å². The highest BCUT2D eigenvalue weighted by atomic mass is 16.4. The average molecular weight is 264 g/mol. The first-order valence-corrected chi connectivity index (χ1v) is 7.62. The van der Waals surface area contributed by atoms with Gasteiger partial charge in [0.15, 0.2) is 0 Å². The van der Waals surface area contributed by atoms with E-state index in [2.05, 4.69) is 24.8 Å². The summed E-state index contributed by atoms with van der Waals surface area (Å²) in [5.74, 6) is 5.50. The first-order valence-electron chi connectivity index (χ1n) is 7.62. The Hall–Kier alpha value is -1.23. The molecule has 0 unspecified atom stereocenters. The minimum absolute atomic E-state index is 0.298. The monoisotopic (exact) mass is 264 g/mol. The molecule has 2 nitrogen and oxygen atoms in total. The normalized spacial score (nSPS) is 10.4. The van der Waals surface area contributed by atoms with E-state index in [1.165, 1.54) is 25.7 Å². The third kappa shape index (κ3) is 16.8. The lowest BCUT2D eigenvalue weighted by atomic mass is 10.1. The van der Waals surface area contributed by atoms with Crippen LogP contribution in [0.25, 0.3) is 0 Å². The standard InChI is InChI=1S/C17H28O2/c1-2-3-4-5-6-7-8-9-10-11-12-13-14-15-16-17(18)19/h7-8H,2-6,11-16H2,1H3,(H,18,19). The predicted octanol–water partition coefficient (Wildman–Crippen LogP) is 4.94. The molecule has 2 heteroatoms. The lowest BCUT2D eigenvalue weighted by Gasteiger charge is -1.95. The minimum Gasteiger partial charge on any atom is -0.481 e. The van der Waals surface area contributed by atoms with Crippen LogP contribution < -0.4 is 0 Å². The zero-order valence-electron chi connectivity index (χ0n) is 12.3. The molecule has 0 aliphatic rings. The van der Waals surface area contributed by atoms with E-state index in [1.807, 2.05) is 6.08 Å². The van der Waals surface area contributed by atoms with Gasteiger partial charge in [0.1, 0.15) is 0 Å². The molecule has 0 aromatic rings. The smallest absolute Gasteiger partial charge is 0.303 e. The molecule has 0 radical (unpaired) electrons. The van der Waals surface area contributed by atoms with Crippen molar-refractivity contribution in [3.8, 4) is 11.8 Å². The van der Waals surface area contributed by atoms with E-state index in [-0.39, 0.29) is 0 Å². The van der Waals surface area contributed by atoms with E-state index in [9.17, 15) is 4.79 Å². The van der Waals surface area contributed by atoms with Crippen LogP contribution in [0.2, 0.25) is 0 Å². The van der Waals surface area contributed by atoms with Crippen molar-refractivity contribution >= 4 is 5.97 Å². The Kier molecular flexibility index (Phi) is 13.9. The lowest BCUT2D eigenvalue weighted by Crippen LogP contribution is -1.93. The van der Waals surface area contributed by atoms with Crippen LogP contribution >= 0.6 is 0 Å². The Labute approximate surface area is 118 Å². The van der Waals surface area contributed by atoms with Gasteiger partial charge in [0.2, 0.25) is 0 Å². The summed E-state index contributed by atoms with van der Waals surface area (Å²) < 4.78 is 0. The summed E-state index contributed by atoms with van der Waals surface area (Å²) in [7, 11) is 0. The fourth-order valence-electron chi connectivity index (χ4n) is 1.81. The molecular weight excluding hydrogens is 236 g/mol. The lowest BCUT2D eigenvalue weighted by molar-refractivity contribution is -0.137. The molecule has 0 amide bonds. The average Bonchev–Trinajstić information content (AvgIpc) is 2.39. The molecule has 108 valence electrons. The van der Waals surface area contributed by atoms with Crippen LogP contribution in [0.1, 0.15) is 77.6 Å². The maximum Gasteiger partial charge on any atom is 0.303 e. The van der Waals surface area contributed by atoms with Crippen molar-refractivity contribution in [2.45, 2.75) is 77.6 Å². The molecule has 0 rings (SSSR count). The second kappa shape index (κ2) is 14.8. The SMILES string of the molecule is CCCCCCC=CC#CCCCCCCC(=O)O. The second-order valence-electron chi connectivity index (χ2n) is 4.88. The maximum atomic E-state index is 10.3. The van der Waals surface area contributed by atoms with Crippen LogP contribution in [0.5, 0.6) is 0 Å². The van der Waals surface area contributed by atoms with Gasteiger partial charge < -0.3 is 5.11 Å². The third-order valence-electron chi connectivity index (χ3n) is 2.97. The van der Waals surface area contributed by atoms with Crippen molar-refractivity contribution in [3.63, 3.8) is 0 Å². The third-order valence-corrected chi connectivity index (χ3v) is 2.97. The fourth-order valence-corrected chi connectivity index (χ4v) is 1.81. The molecule has 0 heterocycles. The zero-order valence-corrected chi connectivity index (χ0v) is 12.3. The second-order valence-corrected chi connectivity index (χ2v) is 4.88. The summed E-state index contributed by atoms with van der Waals surface area (Å²) >= 11 is 0. The van der Waals surface area contributed by atoms with Gasteiger partial charge in [-0.3, -0.25) is 4.79 Å². The first-order chi connectivity index (χ1) is 9.27. The van der Waals surface area contributed by atoms with Gasteiger partial charge in [-0.1, -0.05) is 56.9 Å². The molecule has 0 aliphatic heterocycles. The summed E-state index contributed by atoms with van der Waals surface area (Å²) in [6, 6.07) is 0. The van der Waals surface area contributed by atoms with E-state index < -0.39 is 5.97 Å². The van der Waals surface area contributed by atoms with Gasteiger partial charge in [0.05, 0.1) is 0 Å². The topological polar surface area (TPSA) is 37.3 Å². The fraction of sp³-hybridized carbons (Fsp3) is 0.706. The van der Waals surface area contributed by atoms with E-state index in [0.717, 1.165) is 38.5 Å². The molecule has 0 aliphatic carbocycles. The molecule has 0 fully saturated rings. The van der Waals surface area contributed by atoms with Crippen molar-refractivity contribution in [2.24, 2.45) is 0 Å². The summed E-state index contributed by atoms with van der Waals surface area (Å²) in [6.45, 7) is 2.23. The van der Waals surface area contributed by atoms with Crippen molar-refractivity contribution < 1.29 is 9.90 Å². The zero-order chi connectivity index (χ0) is 14.2. The van der Waals surface area contributed by atoms with Crippen LogP contribution in [-0.4, -0.2) is 11.1 Å². The molecule has 0 saturated heterocycles. The van der Waals surface area contributed by atoms with Gasteiger partial charge in [0, 0.05) is 12.8 Å². The van der Waals surface area contributed by atoms with Gasteiger partial charge in [-0.25, -0.2) is 0 Å². The number of aliphatic carboxylic acids is 1. The number of rotatable bonds is 11. The molecule has 1 N–H and O–H groups in total. The van der Waals surface area contributed by atoms with Gasteiger partial charge in [-0.2, -0.15) is 0 Å². The molecule has 0 atom stereocenters. The Morgan fingerprint density at radius 1 is 1.05 bits per heavy atom. The largest absolute Gasteiger partial charge is 0.481 e. The van der Waals surface area contributed by atoms with Crippen molar-refractivity contribution in [3.05, 3.63) is 12.2 Å². The summed E-state index contributed by atoms with van der Waals surface area (Å²) in [5, 5.41) is 8.47. The van der Waals surface area contributed by atoms with Crippen LogP contribution in [0.15, 0.2) is 12.2 Å².